The van der Waals surface area contributed by atoms with Gasteiger partial charge < -0.3 is 9.64 Å². The maximum Gasteiger partial charge on any atom is 0.251 e. The van der Waals surface area contributed by atoms with Crippen molar-refractivity contribution in [1.29, 1.82) is 0 Å². The first kappa shape index (κ1) is 24.1. The molecule has 2 aromatic heterocycles. The topological polar surface area (TPSA) is 82.2 Å². The minimum atomic E-state index is -1.06. The zero-order chi connectivity index (χ0) is 25.7. The van der Waals surface area contributed by atoms with Crippen LogP contribution in [-0.4, -0.2) is 38.6 Å². The van der Waals surface area contributed by atoms with Gasteiger partial charge in [-0.25, -0.2) is 13.8 Å². The zero-order valence-electron chi connectivity index (χ0n) is 20.7. The number of anilines is 1. The Labute approximate surface area is 202 Å². The summed E-state index contributed by atoms with van der Waals surface area (Å²) in [5.41, 5.74) is 0.584. The molecule has 0 saturated carbocycles. The molecular weight excluding hydrogens is 449 g/mol. The fraction of sp³-hybridized carbons (Fsp3) is 0.308. The summed E-state index contributed by atoms with van der Waals surface area (Å²) < 4.78 is 24.2. The summed E-state index contributed by atoms with van der Waals surface area (Å²) in [5, 5.41) is 8.76. The van der Waals surface area contributed by atoms with Gasteiger partial charge in [0.15, 0.2) is 17.3 Å². The summed E-state index contributed by atoms with van der Waals surface area (Å²) in [6.45, 7) is 12.7. The van der Waals surface area contributed by atoms with Crippen LogP contribution in [0.25, 0.3) is 22.8 Å². The van der Waals surface area contributed by atoms with Crippen LogP contribution in [0, 0.1) is 5.82 Å². The van der Waals surface area contributed by atoms with E-state index in [0.717, 1.165) is 0 Å². The third-order valence-corrected chi connectivity index (χ3v) is 6.19. The zero-order valence-corrected chi connectivity index (χ0v) is 20.7. The number of ether oxygens (including phenoxy) is 1. The van der Waals surface area contributed by atoms with E-state index in [1.165, 1.54) is 18.0 Å². The van der Waals surface area contributed by atoms with Crippen molar-refractivity contribution < 1.29 is 13.9 Å². The molecule has 0 spiro atoms. The molecule has 1 aliphatic rings. The fourth-order valence-corrected chi connectivity index (χ4v) is 4.47. The van der Waals surface area contributed by atoms with Crippen molar-refractivity contribution in [2.24, 2.45) is 0 Å². The number of rotatable bonds is 6. The maximum absolute atomic E-state index is 16.1. The molecule has 0 N–H and O–H groups in total. The smallest absolute Gasteiger partial charge is 0.251 e. The highest BCUT2D eigenvalue weighted by Gasteiger charge is 2.47. The van der Waals surface area contributed by atoms with E-state index < -0.39 is 16.7 Å². The Bertz CT molecular complexity index is 1430. The van der Waals surface area contributed by atoms with E-state index in [0.29, 0.717) is 22.6 Å². The summed E-state index contributed by atoms with van der Waals surface area (Å²) in [5.74, 6) is -0.755. The standard InChI is InChI=1S/C26H28FN5O3/c1-8-9-16(4)32-19(12-13-28-32)23-24(33)20(35-7)14-30(29-23)18-11-10-17-21(22(18)27)26(5,6)25(34)31(17)15(2)3/h8-15H,1H2,2-7H3/b16-9+. The summed E-state index contributed by atoms with van der Waals surface area (Å²) >= 11 is 0. The predicted molar refractivity (Wildman–Crippen MR) is 133 cm³/mol. The monoisotopic (exact) mass is 477 g/mol. The van der Waals surface area contributed by atoms with Gasteiger partial charge in [0.25, 0.3) is 5.43 Å². The minimum Gasteiger partial charge on any atom is -0.491 e. The van der Waals surface area contributed by atoms with Crippen LogP contribution >= 0.6 is 0 Å². The quantitative estimate of drug-likeness (QED) is 0.494. The van der Waals surface area contributed by atoms with Gasteiger partial charge in [0.1, 0.15) is 5.69 Å². The molecule has 9 heteroatoms. The third kappa shape index (κ3) is 3.67. The van der Waals surface area contributed by atoms with Crippen molar-refractivity contribution in [2.75, 3.05) is 12.0 Å². The van der Waals surface area contributed by atoms with Crippen molar-refractivity contribution in [3.05, 3.63) is 70.9 Å². The van der Waals surface area contributed by atoms with Crippen molar-refractivity contribution in [3.63, 3.8) is 0 Å². The molecule has 3 aromatic rings. The minimum absolute atomic E-state index is 0.00727. The Balaban J connectivity index is 1.96. The average Bonchev–Trinajstić information content (AvgIpc) is 3.36. The van der Waals surface area contributed by atoms with Crippen LogP contribution in [0.2, 0.25) is 0 Å². The van der Waals surface area contributed by atoms with Gasteiger partial charge in [-0.2, -0.15) is 10.2 Å². The van der Waals surface area contributed by atoms with E-state index in [1.54, 1.807) is 60.0 Å². The van der Waals surface area contributed by atoms with Gasteiger partial charge >= 0.3 is 0 Å². The van der Waals surface area contributed by atoms with Crippen LogP contribution in [-0.2, 0) is 10.2 Å². The Morgan fingerprint density at radius 3 is 2.51 bits per heavy atom. The lowest BCUT2D eigenvalue weighted by molar-refractivity contribution is -0.122. The number of methoxy groups -OCH3 is 1. The van der Waals surface area contributed by atoms with Crippen LogP contribution in [0.15, 0.2) is 54.1 Å². The molecule has 8 nitrogen and oxygen atoms in total. The van der Waals surface area contributed by atoms with Gasteiger partial charge in [0.05, 0.1) is 36.3 Å². The molecule has 0 saturated heterocycles. The van der Waals surface area contributed by atoms with Crippen molar-refractivity contribution >= 4 is 17.3 Å². The van der Waals surface area contributed by atoms with Crippen LogP contribution in [0.3, 0.4) is 0 Å². The highest BCUT2D eigenvalue weighted by molar-refractivity contribution is 6.08. The van der Waals surface area contributed by atoms with Crippen molar-refractivity contribution in [2.45, 2.75) is 46.1 Å². The molecule has 0 fully saturated rings. The number of amides is 1. The number of allylic oxidation sites excluding steroid dienone is 3. The first-order valence-corrected chi connectivity index (χ1v) is 11.2. The number of carbonyl (C=O) groups is 1. The molecule has 0 aliphatic carbocycles. The summed E-state index contributed by atoms with van der Waals surface area (Å²) in [7, 11) is 1.37. The van der Waals surface area contributed by atoms with E-state index in [1.807, 2.05) is 20.8 Å². The SMILES string of the molecule is C=C/C=C(\C)n1nccc1-c1nn(-c2ccc3c(c2F)C(C)(C)C(=O)N3C(C)C)cc(OC)c1=O. The van der Waals surface area contributed by atoms with Crippen LogP contribution in [0.1, 0.15) is 40.2 Å². The number of halogens is 1. The molecule has 0 bridgehead atoms. The highest BCUT2D eigenvalue weighted by atomic mass is 19.1. The first-order valence-electron chi connectivity index (χ1n) is 11.2. The van der Waals surface area contributed by atoms with Crippen molar-refractivity contribution in [3.8, 4) is 22.8 Å². The van der Waals surface area contributed by atoms with Crippen LogP contribution in [0.4, 0.5) is 10.1 Å². The summed E-state index contributed by atoms with van der Waals surface area (Å²) in [6, 6.07) is 4.79. The largest absolute Gasteiger partial charge is 0.491 e. The molecule has 0 atom stereocenters. The molecule has 0 unspecified atom stereocenters. The van der Waals surface area contributed by atoms with Gasteiger partial charge in [-0.3, -0.25) is 9.59 Å². The number of hydrogen-bond donors (Lipinski definition) is 0. The van der Waals surface area contributed by atoms with Gasteiger partial charge in [-0.1, -0.05) is 12.7 Å². The lowest BCUT2D eigenvalue weighted by Crippen LogP contribution is -2.40. The lowest BCUT2D eigenvalue weighted by Gasteiger charge is -2.23. The summed E-state index contributed by atoms with van der Waals surface area (Å²) in [4.78, 5) is 27.8. The Morgan fingerprint density at radius 2 is 1.89 bits per heavy atom. The second-order valence-corrected chi connectivity index (χ2v) is 9.18. The molecule has 1 aliphatic heterocycles. The molecule has 0 radical (unpaired) electrons. The van der Waals surface area contributed by atoms with Gasteiger partial charge in [0, 0.05) is 17.3 Å². The number of benzene rings is 1. The van der Waals surface area contributed by atoms with Crippen LogP contribution < -0.4 is 15.1 Å². The number of aromatic nitrogens is 4. The molecular formula is C26H28FN5O3. The van der Waals surface area contributed by atoms with Gasteiger partial charge in [-0.15, -0.1) is 0 Å². The number of nitrogens with zero attached hydrogens (tertiary/aromatic N) is 5. The third-order valence-electron chi connectivity index (χ3n) is 6.19. The average molecular weight is 478 g/mol. The number of fused-ring (bicyclic) bond motifs is 1. The highest BCUT2D eigenvalue weighted by Crippen LogP contribution is 2.45. The molecule has 1 aromatic carbocycles. The van der Waals surface area contributed by atoms with Gasteiger partial charge in [-0.05, 0) is 58.9 Å². The Hall–Kier alpha value is -4.01. The molecule has 35 heavy (non-hydrogen) atoms. The lowest BCUT2D eigenvalue weighted by atomic mass is 9.85. The van der Waals surface area contributed by atoms with E-state index in [2.05, 4.69) is 16.8 Å². The summed E-state index contributed by atoms with van der Waals surface area (Å²) in [6.07, 6.45) is 6.25. The second-order valence-electron chi connectivity index (χ2n) is 9.18. The molecule has 182 valence electrons. The van der Waals surface area contributed by atoms with Crippen LogP contribution in [0.5, 0.6) is 5.75 Å². The normalized spacial score (nSPS) is 15.0. The molecule has 1 amide bonds. The van der Waals surface area contributed by atoms with E-state index in [-0.39, 0.29) is 29.1 Å². The first-order chi connectivity index (χ1) is 16.5. The van der Waals surface area contributed by atoms with E-state index in [9.17, 15) is 9.59 Å². The number of hydrogen-bond acceptors (Lipinski definition) is 5. The predicted octanol–water partition coefficient (Wildman–Crippen LogP) is 4.32. The van der Waals surface area contributed by atoms with E-state index in [4.69, 9.17) is 4.74 Å². The number of carbonyl (C=O) groups excluding carboxylic acids is 1. The van der Waals surface area contributed by atoms with Crippen molar-refractivity contribution in [1.82, 2.24) is 19.6 Å². The van der Waals surface area contributed by atoms with Gasteiger partial charge in [0.2, 0.25) is 5.91 Å². The second kappa shape index (κ2) is 8.65. The van der Waals surface area contributed by atoms with E-state index >= 15 is 4.39 Å². The Kier molecular flexibility index (Phi) is 5.96. The fourth-order valence-electron chi connectivity index (χ4n) is 4.47. The Morgan fingerprint density at radius 1 is 1.20 bits per heavy atom. The molecule has 4 rings (SSSR count). The maximum atomic E-state index is 16.1. The molecule has 3 heterocycles.